The lowest BCUT2D eigenvalue weighted by atomic mass is 9.76. The molecule has 7 rings (SSSR count). The number of aryl methyl sites for hydroxylation is 2. The quantitative estimate of drug-likeness (QED) is 0.0649. The molecule has 0 N–H and O–H groups in total. The standard InChI is InChI=1S/C58H74O2/c1-3-5-7-9-42-59-57-38-22-47(23-39-57)16-14-45-18-26-49(27-19-45)51-30-34-53(35-31-51)55-12-11-13-56(44-55)54-36-32-52(33-37-54)50-28-20-46(21-29-50)15-17-48-24-40-58(41-25-48)60-43-10-8-6-4-2/h11-13,22-25,30-41,44-46,49-50H,3-10,14-21,26-29,42-43H2,1-2H3. The maximum Gasteiger partial charge on any atom is 0.119 e. The van der Waals surface area contributed by atoms with E-state index in [1.54, 1.807) is 0 Å². The number of unbranched alkanes of at least 4 members (excludes halogenated alkanes) is 6. The van der Waals surface area contributed by atoms with Crippen molar-refractivity contribution in [2.45, 2.75) is 154 Å². The number of hydrogen-bond acceptors (Lipinski definition) is 2. The van der Waals surface area contributed by atoms with E-state index in [-0.39, 0.29) is 0 Å². The normalized spacial score (nSPS) is 19.2. The molecule has 0 radical (unpaired) electrons. The Morgan fingerprint density at radius 2 is 0.800 bits per heavy atom. The molecule has 0 aliphatic heterocycles. The minimum absolute atomic E-state index is 0.692. The van der Waals surface area contributed by atoms with Crippen LogP contribution in [0.15, 0.2) is 121 Å². The average Bonchev–Trinajstić information content (AvgIpc) is 3.31. The van der Waals surface area contributed by atoms with Crippen LogP contribution in [-0.2, 0) is 12.8 Å². The molecule has 2 heteroatoms. The van der Waals surface area contributed by atoms with Gasteiger partial charge >= 0.3 is 0 Å². The largest absolute Gasteiger partial charge is 0.494 e. The van der Waals surface area contributed by atoms with Crippen LogP contribution in [0.5, 0.6) is 11.5 Å². The lowest BCUT2D eigenvalue weighted by Gasteiger charge is -2.29. The maximum absolute atomic E-state index is 5.96. The van der Waals surface area contributed by atoms with E-state index in [1.807, 2.05) is 0 Å². The topological polar surface area (TPSA) is 18.5 Å². The second-order valence-corrected chi connectivity index (χ2v) is 18.4. The first kappa shape index (κ1) is 43.8. The Labute approximate surface area is 364 Å². The fourth-order valence-corrected chi connectivity index (χ4v) is 10.0. The van der Waals surface area contributed by atoms with Crippen molar-refractivity contribution in [2.75, 3.05) is 13.2 Å². The first-order chi connectivity index (χ1) is 29.6. The van der Waals surface area contributed by atoms with Crippen LogP contribution >= 0.6 is 0 Å². The van der Waals surface area contributed by atoms with E-state index < -0.39 is 0 Å². The van der Waals surface area contributed by atoms with Crippen molar-refractivity contribution in [2.24, 2.45) is 11.8 Å². The molecule has 2 fully saturated rings. The van der Waals surface area contributed by atoms with E-state index in [0.717, 1.165) is 49.4 Å². The summed E-state index contributed by atoms with van der Waals surface area (Å²) in [6.07, 6.45) is 25.6. The summed E-state index contributed by atoms with van der Waals surface area (Å²) in [7, 11) is 0. The molecule has 0 saturated heterocycles. The summed E-state index contributed by atoms with van der Waals surface area (Å²) >= 11 is 0. The highest BCUT2D eigenvalue weighted by Gasteiger charge is 2.24. The zero-order valence-corrected chi connectivity index (χ0v) is 37.2. The molecule has 5 aromatic carbocycles. The Hall–Kier alpha value is -4.30. The third-order valence-electron chi connectivity index (χ3n) is 14.0. The van der Waals surface area contributed by atoms with Crippen molar-refractivity contribution in [3.8, 4) is 33.8 Å². The van der Waals surface area contributed by atoms with E-state index in [9.17, 15) is 0 Å². The smallest absolute Gasteiger partial charge is 0.119 e. The van der Waals surface area contributed by atoms with Gasteiger partial charge < -0.3 is 9.47 Å². The lowest BCUT2D eigenvalue weighted by molar-refractivity contribution is 0.304. The van der Waals surface area contributed by atoms with Gasteiger partial charge in [0.2, 0.25) is 0 Å². The molecule has 0 amide bonds. The highest BCUT2D eigenvalue weighted by atomic mass is 16.5. The summed E-state index contributed by atoms with van der Waals surface area (Å²) in [6, 6.07) is 46.0. The molecule has 2 nitrogen and oxygen atoms in total. The number of ether oxygens (including phenoxy) is 2. The zero-order valence-electron chi connectivity index (χ0n) is 37.2. The first-order valence-electron chi connectivity index (χ1n) is 24.4. The highest BCUT2D eigenvalue weighted by Crippen LogP contribution is 2.40. The summed E-state index contributed by atoms with van der Waals surface area (Å²) in [4.78, 5) is 0. The van der Waals surface area contributed by atoms with Gasteiger partial charge in [-0.25, -0.2) is 0 Å². The van der Waals surface area contributed by atoms with Gasteiger partial charge in [0.25, 0.3) is 0 Å². The average molecular weight is 803 g/mol. The van der Waals surface area contributed by atoms with Crippen LogP contribution in [0.3, 0.4) is 0 Å². The van der Waals surface area contributed by atoms with E-state index in [0.29, 0.717) is 11.8 Å². The molecule has 2 aliphatic carbocycles. The van der Waals surface area contributed by atoms with Crippen LogP contribution in [0, 0.1) is 11.8 Å². The van der Waals surface area contributed by atoms with Gasteiger partial charge in [-0.1, -0.05) is 143 Å². The molecular formula is C58H74O2. The van der Waals surface area contributed by atoms with Crippen molar-refractivity contribution in [3.63, 3.8) is 0 Å². The molecule has 0 spiro atoms. The van der Waals surface area contributed by atoms with E-state index in [2.05, 4.69) is 135 Å². The van der Waals surface area contributed by atoms with Gasteiger partial charge in [0.15, 0.2) is 0 Å². The van der Waals surface area contributed by atoms with Gasteiger partial charge in [0.1, 0.15) is 11.5 Å². The number of benzene rings is 5. The Morgan fingerprint density at radius 3 is 1.18 bits per heavy atom. The van der Waals surface area contributed by atoms with Crippen molar-refractivity contribution >= 4 is 0 Å². The van der Waals surface area contributed by atoms with Crippen molar-refractivity contribution in [1.82, 2.24) is 0 Å². The zero-order chi connectivity index (χ0) is 41.2. The van der Waals surface area contributed by atoms with Crippen LogP contribution in [0.2, 0.25) is 0 Å². The Morgan fingerprint density at radius 1 is 0.400 bits per heavy atom. The SMILES string of the molecule is CCCCCCOc1ccc(CCC2CCC(c3ccc(-c4cccc(-c5ccc(C6CCC(CCc7ccc(OCCCCCC)cc7)CC6)cc5)c4)cc3)CC2)cc1. The van der Waals surface area contributed by atoms with Crippen LogP contribution in [0.1, 0.15) is 164 Å². The van der Waals surface area contributed by atoms with Crippen molar-refractivity contribution in [1.29, 1.82) is 0 Å². The molecular weight excluding hydrogens is 729 g/mol. The molecule has 0 atom stereocenters. The molecule has 0 heterocycles. The van der Waals surface area contributed by atoms with Crippen LogP contribution in [0.25, 0.3) is 22.3 Å². The van der Waals surface area contributed by atoms with Crippen molar-refractivity contribution < 1.29 is 9.47 Å². The van der Waals surface area contributed by atoms with E-state index in [1.165, 1.54) is 160 Å². The highest BCUT2D eigenvalue weighted by molar-refractivity contribution is 5.73. The van der Waals surface area contributed by atoms with Crippen molar-refractivity contribution in [3.05, 3.63) is 144 Å². The second-order valence-electron chi connectivity index (χ2n) is 18.4. The molecule has 2 aliphatic rings. The number of hydrogen-bond donors (Lipinski definition) is 0. The van der Waals surface area contributed by atoms with E-state index >= 15 is 0 Å². The third-order valence-corrected chi connectivity index (χ3v) is 14.0. The van der Waals surface area contributed by atoms with Gasteiger partial charge in [-0.15, -0.1) is 0 Å². The predicted molar refractivity (Wildman–Crippen MR) is 256 cm³/mol. The summed E-state index contributed by atoms with van der Waals surface area (Å²) in [5, 5.41) is 0. The number of rotatable bonds is 22. The van der Waals surface area contributed by atoms with Gasteiger partial charge in [-0.05, 0) is 188 Å². The fraction of sp³-hybridized carbons (Fsp3) is 0.483. The van der Waals surface area contributed by atoms with Gasteiger partial charge in [0.05, 0.1) is 13.2 Å². The summed E-state index contributed by atoms with van der Waals surface area (Å²) in [5.74, 6) is 5.11. The second kappa shape index (κ2) is 23.6. The van der Waals surface area contributed by atoms with Gasteiger partial charge in [0, 0.05) is 0 Å². The summed E-state index contributed by atoms with van der Waals surface area (Å²) in [6.45, 7) is 6.18. The monoisotopic (exact) mass is 803 g/mol. The van der Waals surface area contributed by atoms with Crippen LogP contribution in [0.4, 0.5) is 0 Å². The minimum Gasteiger partial charge on any atom is -0.494 e. The molecule has 5 aromatic rings. The van der Waals surface area contributed by atoms with Gasteiger partial charge in [-0.3, -0.25) is 0 Å². The molecule has 318 valence electrons. The maximum atomic E-state index is 5.96. The summed E-state index contributed by atoms with van der Waals surface area (Å²) < 4.78 is 11.9. The third kappa shape index (κ3) is 13.3. The molecule has 60 heavy (non-hydrogen) atoms. The predicted octanol–water partition coefficient (Wildman–Crippen LogP) is 16.8. The molecule has 0 aromatic heterocycles. The Balaban J connectivity index is 0.817. The molecule has 2 saturated carbocycles. The van der Waals surface area contributed by atoms with E-state index in [4.69, 9.17) is 9.47 Å². The van der Waals surface area contributed by atoms with Crippen LogP contribution < -0.4 is 9.47 Å². The lowest BCUT2D eigenvalue weighted by Crippen LogP contribution is -2.14. The fourth-order valence-electron chi connectivity index (χ4n) is 10.0. The van der Waals surface area contributed by atoms with Gasteiger partial charge in [-0.2, -0.15) is 0 Å². The Bertz CT molecular complexity index is 1780. The summed E-state index contributed by atoms with van der Waals surface area (Å²) in [5.41, 5.74) is 11.2. The van der Waals surface area contributed by atoms with Crippen LogP contribution in [-0.4, -0.2) is 13.2 Å². The first-order valence-corrected chi connectivity index (χ1v) is 24.4. The minimum atomic E-state index is 0.692. The molecule has 0 bridgehead atoms. The molecule has 0 unspecified atom stereocenters. The Kier molecular flexibility index (Phi) is 17.2.